The summed E-state index contributed by atoms with van der Waals surface area (Å²) in [6.45, 7) is 4.18. The Labute approximate surface area is 128 Å². The fourth-order valence-electron chi connectivity index (χ4n) is 2.19. The van der Waals surface area contributed by atoms with E-state index in [1.807, 2.05) is 13.0 Å². The number of ketones is 1. The number of carboxylic acid groups (broad SMARTS) is 1. The molecule has 2 aromatic rings. The number of aromatic nitrogens is 2. The number of aryl methyl sites for hydroxylation is 1. The minimum Gasteiger partial charge on any atom is -0.478 e. The maximum atomic E-state index is 11.6. The average molecular weight is 302 g/mol. The van der Waals surface area contributed by atoms with Gasteiger partial charge in [0.1, 0.15) is 11.5 Å². The lowest BCUT2D eigenvalue weighted by Crippen LogP contribution is -2.08. The lowest BCUT2D eigenvalue weighted by Gasteiger charge is -2.10. The van der Waals surface area contributed by atoms with Crippen molar-refractivity contribution in [3.63, 3.8) is 0 Å². The molecule has 0 fully saturated rings. The number of ether oxygens (including phenoxy) is 1. The number of nitrogens with zero attached hydrogens (tertiary/aromatic N) is 2. The molecule has 0 aliphatic rings. The van der Waals surface area contributed by atoms with Crippen molar-refractivity contribution in [1.82, 2.24) is 9.55 Å². The number of carbonyl (C=O) groups excluding carboxylic acids is 1. The van der Waals surface area contributed by atoms with Crippen LogP contribution in [-0.2, 0) is 11.3 Å². The molecule has 0 saturated carbocycles. The molecular formula is C16H18N2O4. The van der Waals surface area contributed by atoms with Crippen LogP contribution < -0.4 is 0 Å². The molecule has 0 spiro atoms. The van der Waals surface area contributed by atoms with Gasteiger partial charge in [-0.15, -0.1) is 0 Å². The molecule has 2 rings (SSSR count). The molecule has 0 saturated heterocycles. The predicted octanol–water partition coefficient (Wildman–Crippen LogP) is 2.41. The minimum absolute atomic E-state index is 0.165. The number of carboxylic acids is 1. The summed E-state index contributed by atoms with van der Waals surface area (Å²) in [5, 5.41) is 9.41. The smallest absolute Gasteiger partial charge is 0.336 e. The maximum absolute atomic E-state index is 11.6. The van der Waals surface area contributed by atoms with Crippen molar-refractivity contribution >= 4 is 11.8 Å². The number of hydrogen-bond donors (Lipinski definition) is 1. The molecule has 0 aliphatic heterocycles. The zero-order chi connectivity index (χ0) is 16.3. The van der Waals surface area contributed by atoms with Crippen molar-refractivity contribution in [3.8, 4) is 11.4 Å². The van der Waals surface area contributed by atoms with Gasteiger partial charge in [-0.05, 0) is 13.0 Å². The standard InChI is InChI=1S/C16H18N2O4/c1-10-4-5-12(13(8-10)16(20)21)15-17-14(11(2)19)9-18(15)6-7-22-3/h4-5,8-9H,6-7H2,1-3H3,(H,20,21). The Balaban J connectivity index is 2.60. The highest BCUT2D eigenvalue weighted by molar-refractivity contribution is 5.96. The lowest BCUT2D eigenvalue weighted by atomic mass is 10.0. The Morgan fingerprint density at radius 3 is 2.68 bits per heavy atom. The Kier molecular flexibility index (Phi) is 4.72. The molecule has 1 aromatic heterocycles. The van der Waals surface area contributed by atoms with Gasteiger partial charge in [0.05, 0.1) is 12.2 Å². The van der Waals surface area contributed by atoms with Gasteiger partial charge >= 0.3 is 5.97 Å². The number of imidazole rings is 1. The summed E-state index contributed by atoms with van der Waals surface area (Å²) in [7, 11) is 1.58. The Morgan fingerprint density at radius 2 is 2.09 bits per heavy atom. The Morgan fingerprint density at radius 1 is 1.36 bits per heavy atom. The zero-order valence-corrected chi connectivity index (χ0v) is 12.8. The lowest BCUT2D eigenvalue weighted by molar-refractivity contribution is 0.0697. The van der Waals surface area contributed by atoms with Crippen LogP contribution in [0.1, 0.15) is 33.3 Å². The molecule has 0 unspecified atom stereocenters. The van der Waals surface area contributed by atoms with Gasteiger partial charge in [-0.1, -0.05) is 17.7 Å². The van der Waals surface area contributed by atoms with Gasteiger partial charge in [0.2, 0.25) is 0 Å². The van der Waals surface area contributed by atoms with Crippen LogP contribution in [0.2, 0.25) is 0 Å². The quantitative estimate of drug-likeness (QED) is 0.829. The molecule has 22 heavy (non-hydrogen) atoms. The fraction of sp³-hybridized carbons (Fsp3) is 0.312. The molecule has 1 heterocycles. The highest BCUT2D eigenvalue weighted by atomic mass is 16.5. The van der Waals surface area contributed by atoms with Crippen LogP contribution in [0, 0.1) is 6.92 Å². The van der Waals surface area contributed by atoms with Crippen molar-refractivity contribution in [2.24, 2.45) is 0 Å². The van der Waals surface area contributed by atoms with Crippen LogP contribution in [-0.4, -0.2) is 40.1 Å². The van der Waals surface area contributed by atoms with E-state index in [2.05, 4.69) is 4.98 Å². The molecule has 0 radical (unpaired) electrons. The van der Waals surface area contributed by atoms with Gasteiger partial charge in [-0.2, -0.15) is 0 Å². The summed E-state index contributed by atoms with van der Waals surface area (Å²) in [5.41, 5.74) is 1.81. The SMILES string of the molecule is COCCn1cc(C(C)=O)nc1-c1ccc(C)cc1C(=O)O. The van der Waals surface area contributed by atoms with E-state index in [1.54, 1.807) is 30.0 Å². The number of Topliss-reactive ketones (excluding diaryl/α,β-unsaturated/α-hetero) is 1. The van der Waals surface area contributed by atoms with E-state index >= 15 is 0 Å². The third-order valence-corrected chi connectivity index (χ3v) is 3.32. The molecule has 0 atom stereocenters. The monoisotopic (exact) mass is 302 g/mol. The van der Waals surface area contributed by atoms with E-state index in [0.717, 1.165) is 5.56 Å². The first-order chi connectivity index (χ1) is 10.4. The van der Waals surface area contributed by atoms with Gasteiger partial charge in [0.25, 0.3) is 0 Å². The molecule has 1 N–H and O–H groups in total. The Bertz CT molecular complexity index is 719. The van der Waals surface area contributed by atoms with E-state index < -0.39 is 5.97 Å². The highest BCUT2D eigenvalue weighted by Crippen LogP contribution is 2.25. The van der Waals surface area contributed by atoms with Crippen molar-refractivity contribution in [1.29, 1.82) is 0 Å². The van der Waals surface area contributed by atoms with Gasteiger partial charge in [-0.25, -0.2) is 9.78 Å². The number of methoxy groups -OCH3 is 1. The second kappa shape index (κ2) is 6.53. The van der Waals surface area contributed by atoms with E-state index in [0.29, 0.717) is 30.2 Å². The van der Waals surface area contributed by atoms with Crippen LogP contribution in [0.4, 0.5) is 0 Å². The first kappa shape index (κ1) is 15.9. The maximum Gasteiger partial charge on any atom is 0.336 e. The van der Waals surface area contributed by atoms with Crippen LogP contribution in [0.25, 0.3) is 11.4 Å². The second-order valence-corrected chi connectivity index (χ2v) is 5.05. The van der Waals surface area contributed by atoms with E-state index in [4.69, 9.17) is 4.74 Å². The third-order valence-electron chi connectivity index (χ3n) is 3.32. The normalized spacial score (nSPS) is 10.7. The fourth-order valence-corrected chi connectivity index (χ4v) is 2.19. The summed E-state index contributed by atoms with van der Waals surface area (Å²) in [6.07, 6.45) is 1.63. The number of hydrogen-bond acceptors (Lipinski definition) is 4. The van der Waals surface area contributed by atoms with E-state index in [9.17, 15) is 14.7 Å². The van der Waals surface area contributed by atoms with Crippen LogP contribution >= 0.6 is 0 Å². The van der Waals surface area contributed by atoms with E-state index in [1.165, 1.54) is 6.92 Å². The highest BCUT2D eigenvalue weighted by Gasteiger charge is 2.18. The molecule has 0 aliphatic carbocycles. The van der Waals surface area contributed by atoms with Gasteiger partial charge in [0, 0.05) is 32.3 Å². The third kappa shape index (κ3) is 3.23. The summed E-state index contributed by atoms with van der Waals surface area (Å²) in [6, 6.07) is 5.14. The van der Waals surface area contributed by atoms with Crippen molar-refractivity contribution in [2.75, 3.05) is 13.7 Å². The number of carbonyl (C=O) groups is 2. The molecule has 0 amide bonds. The van der Waals surface area contributed by atoms with E-state index in [-0.39, 0.29) is 11.3 Å². The predicted molar refractivity (Wildman–Crippen MR) is 81.2 cm³/mol. The molecular weight excluding hydrogens is 284 g/mol. The van der Waals surface area contributed by atoms with Gasteiger partial charge in [0.15, 0.2) is 5.78 Å². The van der Waals surface area contributed by atoms with Crippen molar-refractivity contribution < 1.29 is 19.4 Å². The second-order valence-electron chi connectivity index (χ2n) is 5.05. The summed E-state index contributed by atoms with van der Waals surface area (Å²) < 4.78 is 6.80. The van der Waals surface area contributed by atoms with Crippen LogP contribution in [0.5, 0.6) is 0 Å². The number of rotatable bonds is 6. The molecule has 116 valence electrons. The largest absolute Gasteiger partial charge is 0.478 e. The summed E-state index contributed by atoms with van der Waals surface area (Å²) >= 11 is 0. The zero-order valence-electron chi connectivity index (χ0n) is 12.8. The average Bonchev–Trinajstić information content (AvgIpc) is 2.89. The molecule has 6 heteroatoms. The van der Waals surface area contributed by atoms with Crippen LogP contribution in [0.15, 0.2) is 24.4 Å². The first-order valence-electron chi connectivity index (χ1n) is 6.85. The molecule has 0 bridgehead atoms. The Hall–Kier alpha value is -2.47. The van der Waals surface area contributed by atoms with Gasteiger partial charge < -0.3 is 14.4 Å². The summed E-state index contributed by atoms with van der Waals surface area (Å²) in [4.78, 5) is 27.4. The first-order valence-corrected chi connectivity index (χ1v) is 6.85. The number of aromatic carboxylic acids is 1. The van der Waals surface area contributed by atoms with Crippen molar-refractivity contribution in [3.05, 3.63) is 41.2 Å². The molecule has 6 nitrogen and oxygen atoms in total. The topological polar surface area (TPSA) is 81.4 Å². The van der Waals surface area contributed by atoms with Gasteiger partial charge in [-0.3, -0.25) is 4.79 Å². The van der Waals surface area contributed by atoms with Crippen LogP contribution in [0.3, 0.4) is 0 Å². The minimum atomic E-state index is -1.02. The van der Waals surface area contributed by atoms with Crippen molar-refractivity contribution in [2.45, 2.75) is 20.4 Å². The summed E-state index contributed by atoms with van der Waals surface area (Å²) in [5.74, 6) is -0.731. The molecule has 1 aromatic carbocycles. The number of benzene rings is 1.